The molecule has 0 aliphatic carbocycles. The summed E-state index contributed by atoms with van der Waals surface area (Å²) in [6.07, 6.45) is 2.60. The van der Waals surface area contributed by atoms with Crippen LogP contribution in [0.15, 0.2) is 42.5 Å². The predicted molar refractivity (Wildman–Crippen MR) is 134 cm³/mol. The van der Waals surface area contributed by atoms with Crippen LogP contribution in [-0.2, 0) is 43.7 Å². The average molecular weight is 489 g/mol. The number of hydrogen-bond acceptors (Lipinski definition) is 6. The molecule has 0 radical (unpaired) electrons. The van der Waals surface area contributed by atoms with Crippen molar-refractivity contribution in [3.8, 4) is 17.2 Å². The minimum absolute atomic E-state index is 0.172. The fourth-order valence-corrected chi connectivity index (χ4v) is 5.36. The molecule has 0 saturated heterocycles. The average Bonchev–Trinajstić information content (AvgIpc) is 3.45. The standard InChI is InChI=1S/C28H32N4O4/c1-2-22-23-17-31(28(33)18-30-13-14-34-24-6-4-3-5-21(24)16-30)11-12-32(23)27(29-22)10-8-20-7-9-25-26(15-20)36-19-35-25/h3-7,9,15H,2,8,10-14,16-19H2,1H3. The molecule has 0 N–H and O–H groups in total. The van der Waals surface area contributed by atoms with E-state index in [2.05, 4.69) is 34.6 Å². The van der Waals surface area contributed by atoms with Crippen LogP contribution < -0.4 is 14.2 Å². The number of carbonyl (C=O) groups excluding carboxylic acids is 1. The van der Waals surface area contributed by atoms with Crippen molar-refractivity contribution in [3.05, 3.63) is 70.8 Å². The summed E-state index contributed by atoms with van der Waals surface area (Å²) in [4.78, 5) is 22.5. The highest BCUT2D eigenvalue weighted by Gasteiger charge is 2.28. The van der Waals surface area contributed by atoms with Gasteiger partial charge in [0.15, 0.2) is 11.5 Å². The maximum Gasteiger partial charge on any atom is 0.237 e. The first-order chi connectivity index (χ1) is 17.7. The largest absolute Gasteiger partial charge is 0.492 e. The first-order valence-electron chi connectivity index (χ1n) is 12.8. The van der Waals surface area contributed by atoms with E-state index in [1.165, 1.54) is 11.3 Å². The summed E-state index contributed by atoms with van der Waals surface area (Å²) < 4.78 is 19.2. The lowest BCUT2D eigenvalue weighted by Gasteiger charge is -2.31. The van der Waals surface area contributed by atoms with Crippen LogP contribution in [0.5, 0.6) is 17.2 Å². The van der Waals surface area contributed by atoms with Gasteiger partial charge in [0.05, 0.1) is 24.5 Å². The van der Waals surface area contributed by atoms with Crippen LogP contribution in [0.25, 0.3) is 0 Å². The number of para-hydroxylation sites is 1. The van der Waals surface area contributed by atoms with E-state index in [0.29, 0.717) is 33.0 Å². The van der Waals surface area contributed by atoms with E-state index in [1.807, 2.05) is 29.2 Å². The van der Waals surface area contributed by atoms with Gasteiger partial charge < -0.3 is 23.7 Å². The molecular weight excluding hydrogens is 456 g/mol. The highest BCUT2D eigenvalue weighted by atomic mass is 16.7. The van der Waals surface area contributed by atoms with E-state index in [1.54, 1.807) is 0 Å². The van der Waals surface area contributed by atoms with Crippen molar-refractivity contribution in [3.63, 3.8) is 0 Å². The number of imidazole rings is 1. The minimum Gasteiger partial charge on any atom is -0.492 e. The number of rotatable bonds is 6. The first kappa shape index (κ1) is 22.9. The predicted octanol–water partition coefficient (Wildman–Crippen LogP) is 3.20. The quantitative estimate of drug-likeness (QED) is 0.531. The fourth-order valence-electron chi connectivity index (χ4n) is 5.36. The van der Waals surface area contributed by atoms with Gasteiger partial charge in [0.2, 0.25) is 12.7 Å². The molecule has 36 heavy (non-hydrogen) atoms. The van der Waals surface area contributed by atoms with E-state index in [0.717, 1.165) is 73.2 Å². The molecule has 6 rings (SSSR count). The molecule has 0 fully saturated rings. The maximum absolute atomic E-state index is 13.3. The second-order valence-corrected chi connectivity index (χ2v) is 9.60. The van der Waals surface area contributed by atoms with Gasteiger partial charge >= 0.3 is 0 Å². The molecule has 0 saturated carbocycles. The zero-order chi connectivity index (χ0) is 24.5. The Bertz CT molecular complexity index is 1270. The van der Waals surface area contributed by atoms with Gasteiger partial charge in [0, 0.05) is 38.2 Å². The normalized spacial score (nSPS) is 16.8. The molecule has 1 amide bonds. The molecule has 2 aromatic carbocycles. The summed E-state index contributed by atoms with van der Waals surface area (Å²) in [7, 11) is 0. The number of aryl methyl sites for hydroxylation is 3. The lowest BCUT2D eigenvalue weighted by molar-refractivity contribution is -0.134. The second-order valence-electron chi connectivity index (χ2n) is 9.60. The van der Waals surface area contributed by atoms with E-state index in [4.69, 9.17) is 19.2 Å². The van der Waals surface area contributed by atoms with Crippen molar-refractivity contribution in [1.29, 1.82) is 0 Å². The molecule has 0 spiro atoms. The molecule has 0 unspecified atom stereocenters. The lowest BCUT2D eigenvalue weighted by Crippen LogP contribution is -2.44. The van der Waals surface area contributed by atoms with E-state index in [9.17, 15) is 4.79 Å². The smallest absolute Gasteiger partial charge is 0.237 e. The molecule has 0 atom stereocenters. The summed E-state index contributed by atoms with van der Waals surface area (Å²) in [5, 5.41) is 0. The van der Waals surface area contributed by atoms with E-state index in [-0.39, 0.29) is 5.91 Å². The monoisotopic (exact) mass is 488 g/mol. The van der Waals surface area contributed by atoms with Crippen molar-refractivity contribution in [1.82, 2.24) is 19.4 Å². The summed E-state index contributed by atoms with van der Waals surface area (Å²) in [5.41, 5.74) is 4.64. The van der Waals surface area contributed by atoms with Crippen molar-refractivity contribution in [2.75, 3.05) is 33.0 Å². The number of nitrogens with zero attached hydrogens (tertiary/aromatic N) is 4. The molecule has 188 valence electrons. The molecule has 3 aliphatic rings. The van der Waals surface area contributed by atoms with Crippen LogP contribution in [0.2, 0.25) is 0 Å². The van der Waals surface area contributed by atoms with Crippen molar-refractivity contribution in [2.24, 2.45) is 0 Å². The number of benzene rings is 2. The van der Waals surface area contributed by atoms with Crippen LogP contribution in [0, 0.1) is 0 Å². The summed E-state index contributed by atoms with van der Waals surface area (Å²) in [6.45, 7) is 7.04. The molecular formula is C28H32N4O4. The summed E-state index contributed by atoms with van der Waals surface area (Å²) >= 11 is 0. The molecule has 8 heteroatoms. The van der Waals surface area contributed by atoms with Gasteiger partial charge in [0.25, 0.3) is 0 Å². The van der Waals surface area contributed by atoms with Crippen LogP contribution in [0.3, 0.4) is 0 Å². The van der Waals surface area contributed by atoms with Crippen LogP contribution in [0.4, 0.5) is 0 Å². The SMILES string of the molecule is CCc1nc(CCc2ccc3c(c2)OCO3)n2c1CN(C(=O)CN1CCOc3ccccc3C1)CC2. The minimum atomic E-state index is 0.172. The summed E-state index contributed by atoms with van der Waals surface area (Å²) in [6, 6.07) is 14.2. The first-order valence-corrected chi connectivity index (χ1v) is 12.8. The molecule has 3 aromatic rings. The number of carbonyl (C=O) groups is 1. The number of ether oxygens (including phenoxy) is 3. The van der Waals surface area contributed by atoms with Crippen molar-refractivity contribution in [2.45, 2.75) is 45.8 Å². The number of fused-ring (bicyclic) bond motifs is 3. The Morgan fingerprint density at radius 2 is 1.83 bits per heavy atom. The highest BCUT2D eigenvalue weighted by Crippen LogP contribution is 2.33. The van der Waals surface area contributed by atoms with Gasteiger partial charge in [-0.3, -0.25) is 9.69 Å². The van der Waals surface area contributed by atoms with Gasteiger partial charge in [-0.2, -0.15) is 0 Å². The highest BCUT2D eigenvalue weighted by molar-refractivity contribution is 5.78. The number of amides is 1. The van der Waals surface area contributed by atoms with Gasteiger partial charge in [-0.1, -0.05) is 31.2 Å². The number of aromatic nitrogens is 2. The van der Waals surface area contributed by atoms with Crippen LogP contribution in [0.1, 0.15) is 35.3 Å². The Balaban J connectivity index is 1.11. The molecule has 4 heterocycles. The van der Waals surface area contributed by atoms with Crippen molar-refractivity contribution >= 4 is 5.91 Å². The van der Waals surface area contributed by atoms with Gasteiger partial charge in [-0.05, 0) is 36.6 Å². The fraction of sp³-hybridized carbons (Fsp3) is 0.429. The van der Waals surface area contributed by atoms with E-state index < -0.39 is 0 Å². The number of hydrogen-bond donors (Lipinski definition) is 0. The molecule has 0 bridgehead atoms. The zero-order valence-electron chi connectivity index (χ0n) is 20.7. The molecule has 3 aliphatic heterocycles. The maximum atomic E-state index is 13.3. The Hall–Kier alpha value is -3.52. The van der Waals surface area contributed by atoms with Gasteiger partial charge in [-0.25, -0.2) is 4.98 Å². The third-order valence-corrected chi connectivity index (χ3v) is 7.32. The van der Waals surface area contributed by atoms with Crippen molar-refractivity contribution < 1.29 is 19.0 Å². The third-order valence-electron chi connectivity index (χ3n) is 7.32. The topological polar surface area (TPSA) is 69.1 Å². The van der Waals surface area contributed by atoms with E-state index >= 15 is 0 Å². The third kappa shape index (κ3) is 4.53. The van der Waals surface area contributed by atoms with Gasteiger partial charge in [-0.15, -0.1) is 0 Å². The zero-order valence-corrected chi connectivity index (χ0v) is 20.7. The Morgan fingerprint density at radius 3 is 2.75 bits per heavy atom. The molecule has 8 nitrogen and oxygen atoms in total. The Morgan fingerprint density at radius 1 is 0.944 bits per heavy atom. The lowest BCUT2D eigenvalue weighted by atomic mass is 10.1. The van der Waals surface area contributed by atoms with Gasteiger partial charge in [0.1, 0.15) is 18.2 Å². The Kier molecular flexibility index (Phi) is 6.27. The van der Waals surface area contributed by atoms with Crippen LogP contribution >= 0.6 is 0 Å². The van der Waals surface area contributed by atoms with Crippen LogP contribution in [-0.4, -0.2) is 58.3 Å². The second kappa shape index (κ2) is 9.85. The Labute approximate surface area is 211 Å². The summed E-state index contributed by atoms with van der Waals surface area (Å²) in [5.74, 6) is 3.83. The molecule has 1 aromatic heterocycles.